The molecule has 10 heteroatoms. The van der Waals surface area contributed by atoms with Gasteiger partial charge in [-0.3, -0.25) is 29.8 Å². The molecule has 1 amide bonds. The molecule has 1 saturated heterocycles. The van der Waals surface area contributed by atoms with Crippen LogP contribution in [0.3, 0.4) is 0 Å². The molecule has 3 rings (SSSR count). The van der Waals surface area contributed by atoms with Crippen LogP contribution in [0.2, 0.25) is 0 Å². The summed E-state index contributed by atoms with van der Waals surface area (Å²) in [4.78, 5) is 44.3. The second kappa shape index (κ2) is 6.67. The van der Waals surface area contributed by atoms with Gasteiger partial charge in [-0.05, 0) is 29.8 Å². The van der Waals surface area contributed by atoms with Gasteiger partial charge in [-0.1, -0.05) is 0 Å². The number of benzene rings is 2. The van der Waals surface area contributed by atoms with E-state index in [1.54, 1.807) is 0 Å². The predicted octanol–water partition coefficient (Wildman–Crippen LogP) is 2.21. The van der Waals surface area contributed by atoms with Crippen molar-refractivity contribution in [1.29, 1.82) is 0 Å². The van der Waals surface area contributed by atoms with Crippen molar-refractivity contribution >= 4 is 28.8 Å². The van der Waals surface area contributed by atoms with Crippen LogP contribution in [0.15, 0.2) is 54.1 Å². The van der Waals surface area contributed by atoms with Crippen LogP contribution in [0.5, 0.6) is 0 Å². The summed E-state index contributed by atoms with van der Waals surface area (Å²) >= 11 is 0. The maximum Gasteiger partial charge on any atom is 0.293 e. The van der Waals surface area contributed by atoms with E-state index >= 15 is 0 Å². The van der Waals surface area contributed by atoms with Gasteiger partial charge in [0.05, 0.1) is 21.5 Å². The Morgan fingerprint density at radius 1 is 0.889 bits per heavy atom. The Morgan fingerprint density at radius 3 is 1.85 bits per heavy atom. The summed E-state index contributed by atoms with van der Waals surface area (Å²) in [5.41, 5.74) is -0.117. The third-order valence-electron chi connectivity index (χ3n) is 4.06. The van der Waals surface area contributed by atoms with Gasteiger partial charge in [-0.25, -0.2) is 0 Å². The summed E-state index contributed by atoms with van der Waals surface area (Å²) in [6.07, 6.45) is 0. The summed E-state index contributed by atoms with van der Waals surface area (Å²) in [7, 11) is 0. The fourth-order valence-electron chi connectivity index (χ4n) is 2.70. The molecule has 1 fully saturated rings. The minimum absolute atomic E-state index is 0.118. The van der Waals surface area contributed by atoms with Crippen molar-refractivity contribution in [2.45, 2.75) is 6.04 Å². The lowest BCUT2D eigenvalue weighted by Gasteiger charge is -2.13. The zero-order chi connectivity index (χ0) is 19.7. The van der Waals surface area contributed by atoms with Crippen molar-refractivity contribution < 1.29 is 24.5 Å². The SMILES string of the molecule is O=C1N[C@H](c2ccc([N+](=O)[O-])cc2)C(=C(O)c2ccc([N+](=O)[O-])cc2)C1=O. The lowest BCUT2D eigenvalue weighted by molar-refractivity contribution is -0.385. The second-order valence-electron chi connectivity index (χ2n) is 5.65. The molecule has 1 aliphatic rings. The fourth-order valence-corrected chi connectivity index (χ4v) is 2.70. The van der Waals surface area contributed by atoms with Crippen molar-refractivity contribution in [1.82, 2.24) is 5.32 Å². The number of hydrogen-bond donors (Lipinski definition) is 2. The predicted molar refractivity (Wildman–Crippen MR) is 91.6 cm³/mol. The van der Waals surface area contributed by atoms with Crippen molar-refractivity contribution in [3.63, 3.8) is 0 Å². The molecule has 0 aliphatic carbocycles. The third-order valence-corrected chi connectivity index (χ3v) is 4.06. The van der Waals surface area contributed by atoms with E-state index < -0.39 is 33.3 Å². The molecule has 1 atom stereocenters. The molecular weight excluding hydrogens is 358 g/mol. The molecule has 10 nitrogen and oxygen atoms in total. The minimum atomic E-state index is -0.999. The summed E-state index contributed by atoms with van der Waals surface area (Å²) in [6.45, 7) is 0. The quantitative estimate of drug-likeness (QED) is 0.275. The smallest absolute Gasteiger partial charge is 0.293 e. The van der Waals surface area contributed by atoms with Gasteiger partial charge >= 0.3 is 0 Å². The molecule has 2 aromatic rings. The van der Waals surface area contributed by atoms with E-state index in [9.17, 15) is 34.9 Å². The first-order valence-corrected chi connectivity index (χ1v) is 7.57. The van der Waals surface area contributed by atoms with E-state index in [1.165, 1.54) is 36.4 Å². The van der Waals surface area contributed by atoms with Crippen LogP contribution in [-0.2, 0) is 9.59 Å². The van der Waals surface area contributed by atoms with E-state index in [4.69, 9.17) is 0 Å². The molecule has 1 aliphatic heterocycles. The molecule has 0 saturated carbocycles. The Kier molecular flexibility index (Phi) is 4.38. The number of non-ortho nitro benzene ring substituents is 2. The number of carbonyl (C=O) groups excluding carboxylic acids is 2. The minimum Gasteiger partial charge on any atom is -0.507 e. The highest BCUT2D eigenvalue weighted by atomic mass is 16.6. The average molecular weight is 369 g/mol. The number of rotatable bonds is 4. The van der Waals surface area contributed by atoms with E-state index in [1.807, 2.05) is 0 Å². The number of ketones is 1. The van der Waals surface area contributed by atoms with Gasteiger partial charge in [-0.15, -0.1) is 0 Å². The van der Waals surface area contributed by atoms with Crippen LogP contribution in [0, 0.1) is 20.2 Å². The van der Waals surface area contributed by atoms with Crippen molar-refractivity contribution in [3.05, 3.63) is 85.5 Å². The molecule has 0 bridgehead atoms. The van der Waals surface area contributed by atoms with Crippen LogP contribution < -0.4 is 5.32 Å². The summed E-state index contributed by atoms with van der Waals surface area (Å²) < 4.78 is 0. The molecule has 0 radical (unpaired) electrons. The number of nitro benzene ring substituents is 2. The Morgan fingerprint density at radius 2 is 1.37 bits per heavy atom. The van der Waals surface area contributed by atoms with E-state index in [0.717, 1.165) is 12.1 Å². The van der Waals surface area contributed by atoms with Gasteiger partial charge < -0.3 is 10.4 Å². The Hall–Kier alpha value is -4.08. The summed E-state index contributed by atoms with van der Waals surface area (Å²) in [6, 6.07) is 8.97. The summed E-state index contributed by atoms with van der Waals surface area (Å²) in [5, 5.41) is 34.4. The zero-order valence-corrected chi connectivity index (χ0v) is 13.5. The van der Waals surface area contributed by atoms with Crippen molar-refractivity contribution in [2.24, 2.45) is 0 Å². The van der Waals surface area contributed by atoms with Gasteiger partial charge in [0.15, 0.2) is 0 Å². The van der Waals surface area contributed by atoms with Crippen molar-refractivity contribution in [3.8, 4) is 0 Å². The molecule has 2 aromatic carbocycles. The fraction of sp³-hybridized carbons (Fsp3) is 0.0588. The second-order valence-corrected chi connectivity index (χ2v) is 5.65. The monoisotopic (exact) mass is 369 g/mol. The first kappa shape index (κ1) is 17.7. The molecule has 2 N–H and O–H groups in total. The molecule has 0 spiro atoms. The number of nitro groups is 2. The number of carbonyl (C=O) groups is 2. The van der Waals surface area contributed by atoms with Gasteiger partial charge in [0.25, 0.3) is 23.1 Å². The third kappa shape index (κ3) is 3.23. The molecule has 0 aromatic heterocycles. The maximum absolute atomic E-state index is 12.2. The number of nitrogens with one attached hydrogen (secondary N) is 1. The maximum atomic E-state index is 12.2. The first-order valence-electron chi connectivity index (χ1n) is 7.57. The van der Waals surface area contributed by atoms with Crippen LogP contribution in [0.1, 0.15) is 17.2 Å². The Labute approximate surface area is 151 Å². The lowest BCUT2D eigenvalue weighted by atomic mass is 9.95. The lowest BCUT2D eigenvalue weighted by Crippen LogP contribution is -2.21. The van der Waals surface area contributed by atoms with E-state index in [2.05, 4.69) is 5.32 Å². The van der Waals surface area contributed by atoms with E-state index in [0.29, 0.717) is 5.56 Å². The largest absolute Gasteiger partial charge is 0.507 e. The number of aliphatic hydroxyl groups excluding tert-OH is 1. The van der Waals surface area contributed by atoms with Gasteiger partial charge in [0.1, 0.15) is 5.76 Å². The van der Waals surface area contributed by atoms with Crippen molar-refractivity contribution in [2.75, 3.05) is 0 Å². The zero-order valence-electron chi connectivity index (χ0n) is 13.5. The Balaban J connectivity index is 2.05. The topological polar surface area (TPSA) is 153 Å². The molecule has 136 valence electrons. The Bertz CT molecular complexity index is 994. The standard InChI is InChI=1S/C17H11N3O7/c21-15(10-3-7-12(8-4-10)20(26)27)13-14(18-17(23)16(13)22)9-1-5-11(6-2-9)19(24)25/h1-8,14,21H,(H,18,23)/t14-/m1/s1. The van der Waals surface area contributed by atoms with Crippen LogP contribution in [0.4, 0.5) is 11.4 Å². The molecule has 27 heavy (non-hydrogen) atoms. The van der Waals surface area contributed by atoms with Gasteiger partial charge in [-0.2, -0.15) is 0 Å². The normalized spacial score (nSPS) is 18.1. The average Bonchev–Trinajstić information content (AvgIpc) is 2.96. The van der Waals surface area contributed by atoms with Gasteiger partial charge in [0.2, 0.25) is 0 Å². The van der Waals surface area contributed by atoms with Crippen LogP contribution in [-0.4, -0.2) is 26.6 Å². The van der Waals surface area contributed by atoms with Crippen LogP contribution >= 0.6 is 0 Å². The van der Waals surface area contributed by atoms with E-state index in [-0.39, 0.29) is 22.5 Å². The van der Waals surface area contributed by atoms with Crippen LogP contribution in [0.25, 0.3) is 5.76 Å². The number of amides is 1. The highest BCUT2D eigenvalue weighted by Crippen LogP contribution is 2.33. The number of Topliss-reactive ketones (excluding diaryl/α,β-unsaturated/α-hetero) is 1. The number of aliphatic hydroxyl groups is 1. The first-order chi connectivity index (χ1) is 12.8. The number of nitrogens with zero attached hydrogens (tertiary/aromatic N) is 2. The molecule has 1 heterocycles. The highest BCUT2D eigenvalue weighted by molar-refractivity contribution is 6.46. The molecular formula is C17H11N3O7. The highest BCUT2D eigenvalue weighted by Gasteiger charge is 2.39. The summed E-state index contributed by atoms with van der Waals surface area (Å²) in [5.74, 6) is -2.38. The number of hydrogen-bond acceptors (Lipinski definition) is 7. The van der Waals surface area contributed by atoms with Gasteiger partial charge in [0, 0.05) is 29.8 Å². The molecule has 0 unspecified atom stereocenters.